The number of para-hydroxylation sites is 1. The van der Waals surface area contributed by atoms with E-state index < -0.39 is 0 Å². The van der Waals surface area contributed by atoms with Crippen molar-refractivity contribution in [2.24, 2.45) is 5.92 Å². The lowest BCUT2D eigenvalue weighted by atomic mass is 10.0. The third-order valence-electron chi connectivity index (χ3n) is 4.23. The zero-order valence-electron chi connectivity index (χ0n) is 12.4. The third kappa shape index (κ3) is 1.98. The molecule has 0 aliphatic carbocycles. The first kappa shape index (κ1) is 13.0. The number of hydrogen-bond donors (Lipinski definition) is 0. The molecule has 1 aliphatic rings. The van der Waals surface area contributed by atoms with Crippen molar-refractivity contribution in [1.29, 1.82) is 0 Å². The van der Waals surface area contributed by atoms with Gasteiger partial charge >= 0.3 is 0 Å². The van der Waals surface area contributed by atoms with E-state index in [-0.39, 0.29) is 11.5 Å². The van der Waals surface area contributed by atoms with E-state index in [1.54, 1.807) is 0 Å². The van der Waals surface area contributed by atoms with Gasteiger partial charge in [-0.25, -0.2) is 4.98 Å². The van der Waals surface area contributed by atoms with Gasteiger partial charge < -0.3 is 0 Å². The first-order valence-electron chi connectivity index (χ1n) is 7.50. The molecule has 0 saturated carbocycles. The summed E-state index contributed by atoms with van der Waals surface area (Å²) in [6, 6.07) is 17.7. The van der Waals surface area contributed by atoms with Gasteiger partial charge in [0.05, 0.1) is 10.9 Å². The highest BCUT2D eigenvalue weighted by atomic mass is 16.1. The van der Waals surface area contributed by atoms with E-state index in [9.17, 15) is 4.79 Å². The van der Waals surface area contributed by atoms with E-state index in [2.05, 4.69) is 25.1 Å². The SMILES string of the molecule is CC1Cn2c(nc3ccccc3c2=O)/C1=C/c1ccccc1. The van der Waals surface area contributed by atoms with E-state index >= 15 is 0 Å². The molecule has 4 rings (SSSR count). The van der Waals surface area contributed by atoms with Crippen molar-refractivity contribution < 1.29 is 0 Å². The fourth-order valence-electron chi connectivity index (χ4n) is 3.09. The summed E-state index contributed by atoms with van der Waals surface area (Å²) in [6.07, 6.45) is 2.14. The number of aromatic nitrogens is 2. The van der Waals surface area contributed by atoms with Crippen LogP contribution in [0, 0.1) is 5.92 Å². The number of allylic oxidation sites excluding steroid dienone is 1. The van der Waals surface area contributed by atoms with E-state index in [1.807, 2.05) is 47.0 Å². The fourth-order valence-corrected chi connectivity index (χ4v) is 3.09. The van der Waals surface area contributed by atoms with Crippen LogP contribution < -0.4 is 5.56 Å². The minimum atomic E-state index is 0.0592. The van der Waals surface area contributed by atoms with Crippen molar-refractivity contribution >= 4 is 22.6 Å². The molecule has 0 spiro atoms. The van der Waals surface area contributed by atoms with Gasteiger partial charge in [-0.05, 0) is 23.8 Å². The Morgan fingerprint density at radius 1 is 1.09 bits per heavy atom. The van der Waals surface area contributed by atoms with E-state index in [0.717, 1.165) is 22.5 Å². The minimum absolute atomic E-state index is 0.0592. The summed E-state index contributed by atoms with van der Waals surface area (Å²) in [6.45, 7) is 2.85. The van der Waals surface area contributed by atoms with Crippen LogP contribution in [-0.2, 0) is 6.54 Å². The number of benzene rings is 2. The molecule has 0 fully saturated rings. The average molecular weight is 288 g/mol. The molecule has 0 amide bonds. The van der Waals surface area contributed by atoms with Crippen LogP contribution in [-0.4, -0.2) is 9.55 Å². The first-order chi connectivity index (χ1) is 10.7. The van der Waals surface area contributed by atoms with Gasteiger partial charge in [0, 0.05) is 18.0 Å². The van der Waals surface area contributed by atoms with Crippen molar-refractivity contribution in [1.82, 2.24) is 9.55 Å². The number of hydrogen-bond acceptors (Lipinski definition) is 2. The van der Waals surface area contributed by atoms with Crippen LogP contribution in [0.5, 0.6) is 0 Å². The van der Waals surface area contributed by atoms with Gasteiger partial charge in [0.1, 0.15) is 5.82 Å². The standard InChI is InChI=1S/C19H16N2O/c1-13-12-21-18(16(13)11-14-7-3-2-4-8-14)20-17-10-6-5-9-15(17)19(21)22/h2-11,13H,12H2,1H3/b16-11+. The Balaban J connectivity index is 1.96. The molecule has 3 nitrogen and oxygen atoms in total. The molecule has 3 heteroatoms. The average Bonchev–Trinajstić information content (AvgIpc) is 2.86. The maximum atomic E-state index is 12.7. The van der Waals surface area contributed by atoms with Gasteiger partial charge in [0.15, 0.2) is 0 Å². The number of fused-ring (bicyclic) bond motifs is 2. The second-order valence-electron chi connectivity index (χ2n) is 5.78. The largest absolute Gasteiger partial charge is 0.292 e. The molecule has 0 saturated heterocycles. The fraction of sp³-hybridized carbons (Fsp3) is 0.158. The maximum absolute atomic E-state index is 12.7. The second kappa shape index (κ2) is 4.95. The Morgan fingerprint density at radius 2 is 1.82 bits per heavy atom. The Morgan fingerprint density at radius 3 is 2.64 bits per heavy atom. The molecule has 0 bridgehead atoms. The minimum Gasteiger partial charge on any atom is -0.292 e. The molecule has 1 unspecified atom stereocenters. The molecule has 1 aromatic heterocycles. The van der Waals surface area contributed by atoms with Crippen LogP contribution in [0.2, 0.25) is 0 Å². The Kier molecular flexibility index (Phi) is 2.93. The molecule has 1 atom stereocenters. The molecular formula is C19H16N2O. The summed E-state index contributed by atoms with van der Waals surface area (Å²) < 4.78 is 1.81. The molecule has 2 aromatic carbocycles. The Labute approximate surface area is 128 Å². The zero-order valence-corrected chi connectivity index (χ0v) is 12.4. The lowest BCUT2D eigenvalue weighted by molar-refractivity contribution is 0.617. The summed E-state index contributed by atoms with van der Waals surface area (Å²) in [4.78, 5) is 17.4. The molecule has 0 radical (unpaired) electrons. The molecule has 108 valence electrons. The maximum Gasteiger partial charge on any atom is 0.261 e. The molecular weight excluding hydrogens is 272 g/mol. The summed E-state index contributed by atoms with van der Waals surface area (Å²) in [5.74, 6) is 1.09. The summed E-state index contributed by atoms with van der Waals surface area (Å²) in [5, 5.41) is 0.694. The second-order valence-corrected chi connectivity index (χ2v) is 5.78. The summed E-state index contributed by atoms with van der Waals surface area (Å²) in [7, 11) is 0. The summed E-state index contributed by atoms with van der Waals surface area (Å²) in [5.41, 5.74) is 3.10. The van der Waals surface area contributed by atoms with Crippen LogP contribution in [0.1, 0.15) is 18.3 Å². The van der Waals surface area contributed by atoms with Crippen molar-refractivity contribution in [2.45, 2.75) is 13.5 Å². The van der Waals surface area contributed by atoms with Gasteiger partial charge in [-0.2, -0.15) is 0 Å². The Hall–Kier alpha value is -2.68. The predicted molar refractivity (Wildman–Crippen MR) is 89.5 cm³/mol. The highest BCUT2D eigenvalue weighted by Gasteiger charge is 2.26. The predicted octanol–water partition coefficient (Wildman–Crippen LogP) is 3.59. The highest BCUT2D eigenvalue weighted by Crippen LogP contribution is 2.32. The van der Waals surface area contributed by atoms with Crippen LogP contribution in [0.4, 0.5) is 0 Å². The van der Waals surface area contributed by atoms with Crippen molar-refractivity contribution in [3.8, 4) is 0 Å². The van der Waals surface area contributed by atoms with Crippen LogP contribution in [0.3, 0.4) is 0 Å². The van der Waals surface area contributed by atoms with E-state index in [0.29, 0.717) is 11.9 Å². The van der Waals surface area contributed by atoms with Crippen molar-refractivity contribution in [2.75, 3.05) is 0 Å². The van der Waals surface area contributed by atoms with E-state index in [4.69, 9.17) is 4.98 Å². The lowest BCUT2D eigenvalue weighted by Crippen LogP contribution is -2.21. The molecule has 22 heavy (non-hydrogen) atoms. The summed E-state index contributed by atoms with van der Waals surface area (Å²) >= 11 is 0. The van der Waals surface area contributed by atoms with Gasteiger partial charge in [0.2, 0.25) is 0 Å². The lowest BCUT2D eigenvalue weighted by Gasteiger charge is -2.05. The Bertz CT molecular complexity index is 939. The van der Waals surface area contributed by atoms with Gasteiger partial charge in [-0.15, -0.1) is 0 Å². The molecule has 1 aliphatic heterocycles. The molecule has 0 N–H and O–H groups in total. The van der Waals surface area contributed by atoms with Gasteiger partial charge in [-0.1, -0.05) is 49.4 Å². The van der Waals surface area contributed by atoms with Crippen LogP contribution in [0.15, 0.2) is 59.4 Å². The third-order valence-corrected chi connectivity index (χ3v) is 4.23. The molecule has 3 aromatic rings. The van der Waals surface area contributed by atoms with Gasteiger partial charge in [0.25, 0.3) is 5.56 Å². The topological polar surface area (TPSA) is 34.9 Å². The molecule has 2 heterocycles. The number of nitrogens with zero attached hydrogens (tertiary/aromatic N) is 2. The van der Waals surface area contributed by atoms with Crippen molar-refractivity contribution in [3.63, 3.8) is 0 Å². The monoisotopic (exact) mass is 288 g/mol. The van der Waals surface area contributed by atoms with E-state index in [1.165, 1.54) is 0 Å². The number of rotatable bonds is 1. The first-order valence-corrected chi connectivity index (χ1v) is 7.50. The van der Waals surface area contributed by atoms with Crippen LogP contribution in [0.25, 0.3) is 22.6 Å². The van der Waals surface area contributed by atoms with Gasteiger partial charge in [-0.3, -0.25) is 9.36 Å². The van der Waals surface area contributed by atoms with Crippen molar-refractivity contribution in [3.05, 3.63) is 76.3 Å². The van der Waals surface area contributed by atoms with Crippen LogP contribution >= 0.6 is 0 Å². The normalized spacial score (nSPS) is 18.8. The smallest absolute Gasteiger partial charge is 0.261 e. The quantitative estimate of drug-likeness (QED) is 0.686. The zero-order chi connectivity index (χ0) is 15.1. The highest BCUT2D eigenvalue weighted by molar-refractivity contribution is 5.85.